The molecule has 4 aromatic rings. The van der Waals surface area contributed by atoms with Crippen molar-refractivity contribution in [1.82, 2.24) is 4.90 Å². The largest absolute Gasteiger partial charge is 0.450 e. The number of hydrogen-bond acceptors (Lipinski definition) is 5. The highest BCUT2D eigenvalue weighted by Gasteiger charge is 2.22. The fourth-order valence-electron chi connectivity index (χ4n) is 3.19. The molecule has 2 aromatic heterocycles. The first-order chi connectivity index (χ1) is 13.5. The molecule has 0 saturated heterocycles. The van der Waals surface area contributed by atoms with Gasteiger partial charge in [0.1, 0.15) is 5.58 Å². The van der Waals surface area contributed by atoms with Crippen molar-refractivity contribution in [2.75, 3.05) is 13.7 Å². The number of esters is 1. The number of hydrogen-bond donors (Lipinski definition) is 0. The lowest BCUT2D eigenvalue weighted by molar-refractivity contribution is -0.133. The topological polar surface area (TPSA) is 59.8 Å². The Balaban J connectivity index is 1.50. The van der Waals surface area contributed by atoms with Gasteiger partial charge in [-0.05, 0) is 34.7 Å². The van der Waals surface area contributed by atoms with Crippen LogP contribution in [0.3, 0.4) is 0 Å². The highest BCUT2D eigenvalue weighted by Crippen LogP contribution is 2.32. The second-order valence-electron chi connectivity index (χ2n) is 6.68. The maximum absolute atomic E-state index is 12.5. The zero-order valence-electron chi connectivity index (χ0n) is 15.6. The summed E-state index contributed by atoms with van der Waals surface area (Å²) in [5, 5.41) is 6.79. The molecule has 6 heteroatoms. The van der Waals surface area contributed by atoms with Crippen LogP contribution in [0.5, 0.6) is 0 Å². The Hall–Kier alpha value is -3.12. The first kappa shape index (κ1) is 18.3. The number of fused-ring (bicyclic) bond motifs is 3. The Kier molecular flexibility index (Phi) is 4.88. The van der Waals surface area contributed by atoms with Gasteiger partial charge in [-0.25, -0.2) is 4.79 Å². The van der Waals surface area contributed by atoms with Crippen LogP contribution in [-0.4, -0.2) is 30.4 Å². The van der Waals surface area contributed by atoms with Crippen LogP contribution >= 0.6 is 11.3 Å². The standard InChI is InChI=1S/C22H19NO4S/c1-14-17-8-7-16-5-3-4-6-18(16)21(17)27-20(14)22(25)26-12-19(24)23(2)11-15-9-10-28-13-15/h3-10,13H,11-12H2,1-2H3. The van der Waals surface area contributed by atoms with Gasteiger partial charge in [-0.3, -0.25) is 4.79 Å². The summed E-state index contributed by atoms with van der Waals surface area (Å²) in [6, 6.07) is 13.7. The number of carbonyl (C=O) groups is 2. The van der Waals surface area contributed by atoms with Crippen molar-refractivity contribution in [3.63, 3.8) is 0 Å². The average molecular weight is 393 g/mol. The maximum Gasteiger partial charge on any atom is 0.375 e. The predicted molar refractivity (Wildman–Crippen MR) is 110 cm³/mol. The highest BCUT2D eigenvalue weighted by atomic mass is 32.1. The van der Waals surface area contributed by atoms with Crippen LogP contribution in [0, 0.1) is 6.92 Å². The van der Waals surface area contributed by atoms with Crippen molar-refractivity contribution in [2.24, 2.45) is 0 Å². The molecule has 0 spiro atoms. The molecule has 142 valence electrons. The van der Waals surface area contributed by atoms with E-state index in [0.29, 0.717) is 17.7 Å². The summed E-state index contributed by atoms with van der Waals surface area (Å²) in [7, 11) is 1.69. The van der Waals surface area contributed by atoms with E-state index in [2.05, 4.69) is 0 Å². The number of rotatable bonds is 5. The Morgan fingerprint density at radius 1 is 1.11 bits per heavy atom. The number of nitrogens with zero attached hydrogens (tertiary/aromatic N) is 1. The van der Waals surface area contributed by atoms with E-state index in [1.165, 1.54) is 4.90 Å². The summed E-state index contributed by atoms with van der Waals surface area (Å²) in [6.07, 6.45) is 0. The van der Waals surface area contributed by atoms with Gasteiger partial charge < -0.3 is 14.1 Å². The van der Waals surface area contributed by atoms with Gasteiger partial charge in [0.2, 0.25) is 5.76 Å². The Bertz CT molecular complexity index is 1160. The van der Waals surface area contributed by atoms with Crippen molar-refractivity contribution in [1.29, 1.82) is 0 Å². The van der Waals surface area contributed by atoms with E-state index in [4.69, 9.17) is 9.15 Å². The van der Waals surface area contributed by atoms with E-state index in [0.717, 1.165) is 21.7 Å². The maximum atomic E-state index is 12.5. The summed E-state index contributed by atoms with van der Waals surface area (Å²) in [5.74, 6) is -0.756. The minimum absolute atomic E-state index is 0.139. The van der Waals surface area contributed by atoms with Crippen LogP contribution < -0.4 is 0 Å². The molecule has 4 rings (SSSR count). The molecule has 0 atom stereocenters. The van der Waals surface area contributed by atoms with E-state index in [1.807, 2.05) is 60.1 Å². The van der Waals surface area contributed by atoms with Crippen molar-refractivity contribution < 1.29 is 18.7 Å². The number of ether oxygens (including phenoxy) is 1. The SMILES string of the molecule is Cc1c(C(=O)OCC(=O)N(C)Cc2ccsc2)oc2c1ccc1ccccc12. The summed E-state index contributed by atoms with van der Waals surface area (Å²) < 4.78 is 11.1. The van der Waals surface area contributed by atoms with Crippen LogP contribution in [0.2, 0.25) is 0 Å². The summed E-state index contributed by atoms with van der Waals surface area (Å²) in [4.78, 5) is 26.3. The monoisotopic (exact) mass is 393 g/mol. The Morgan fingerprint density at radius 3 is 2.71 bits per heavy atom. The van der Waals surface area contributed by atoms with Gasteiger partial charge in [0.15, 0.2) is 6.61 Å². The third-order valence-corrected chi connectivity index (χ3v) is 5.50. The average Bonchev–Trinajstić information content (AvgIpc) is 3.33. The lowest BCUT2D eigenvalue weighted by atomic mass is 10.1. The normalized spacial score (nSPS) is 11.1. The van der Waals surface area contributed by atoms with Crippen molar-refractivity contribution >= 4 is 45.0 Å². The predicted octanol–water partition coefficient (Wildman–Crippen LogP) is 4.77. The number of amides is 1. The molecule has 0 aliphatic rings. The van der Waals surface area contributed by atoms with Gasteiger partial charge in [0, 0.05) is 29.9 Å². The van der Waals surface area contributed by atoms with Gasteiger partial charge in [0.25, 0.3) is 5.91 Å². The molecule has 2 heterocycles. The van der Waals surface area contributed by atoms with E-state index in [9.17, 15) is 9.59 Å². The molecule has 0 unspecified atom stereocenters. The highest BCUT2D eigenvalue weighted by molar-refractivity contribution is 7.07. The second-order valence-corrected chi connectivity index (χ2v) is 7.46. The molecule has 0 radical (unpaired) electrons. The molecule has 0 aliphatic heterocycles. The summed E-state index contributed by atoms with van der Waals surface area (Å²) in [6.45, 7) is 1.98. The molecular formula is C22H19NO4S. The quantitative estimate of drug-likeness (QED) is 0.458. The van der Waals surface area contributed by atoms with Crippen molar-refractivity contribution in [3.05, 3.63) is 70.1 Å². The molecule has 0 saturated carbocycles. The van der Waals surface area contributed by atoms with E-state index in [1.54, 1.807) is 18.4 Å². The minimum Gasteiger partial charge on any atom is -0.450 e. The fraction of sp³-hybridized carbons (Fsp3) is 0.182. The molecule has 0 fully saturated rings. The van der Waals surface area contributed by atoms with Crippen LogP contribution in [0.4, 0.5) is 0 Å². The Morgan fingerprint density at radius 2 is 1.93 bits per heavy atom. The summed E-state index contributed by atoms with van der Waals surface area (Å²) in [5.41, 5.74) is 2.42. The van der Waals surface area contributed by atoms with Gasteiger partial charge in [-0.1, -0.05) is 36.4 Å². The first-order valence-corrected chi connectivity index (χ1v) is 9.82. The van der Waals surface area contributed by atoms with Crippen LogP contribution in [0.25, 0.3) is 21.7 Å². The Labute approximate surface area is 166 Å². The summed E-state index contributed by atoms with van der Waals surface area (Å²) >= 11 is 1.58. The number of likely N-dealkylation sites (N-methyl/N-ethyl adjacent to an activating group) is 1. The molecule has 5 nitrogen and oxygen atoms in total. The minimum atomic E-state index is -0.630. The number of thiophene rings is 1. The molecule has 0 aliphatic carbocycles. The molecule has 1 amide bonds. The molecular weight excluding hydrogens is 374 g/mol. The van der Waals surface area contributed by atoms with Crippen molar-refractivity contribution in [3.8, 4) is 0 Å². The second kappa shape index (κ2) is 7.48. The van der Waals surface area contributed by atoms with Crippen molar-refractivity contribution in [2.45, 2.75) is 13.5 Å². The molecule has 28 heavy (non-hydrogen) atoms. The van der Waals surface area contributed by atoms with Crippen LogP contribution in [0.15, 0.2) is 57.6 Å². The van der Waals surface area contributed by atoms with Gasteiger partial charge >= 0.3 is 5.97 Å². The van der Waals surface area contributed by atoms with E-state index in [-0.39, 0.29) is 18.3 Å². The third kappa shape index (κ3) is 3.39. The zero-order valence-corrected chi connectivity index (χ0v) is 16.4. The molecule has 0 bridgehead atoms. The number of benzene rings is 2. The van der Waals surface area contributed by atoms with Crippen LogP contribution in [0.1, 0.15) is 21.7 Å². The van der Waals surface area contributed by atoms with Crippen LogP contribution in [-0.2, 0) is 16.1 Å². The van der Waals surface area contributed by atoms with Gasteiger partial charge in [-0.2, -0.15) is 11.3 Å². The zero-order chi connectivity index (χ0) is 19.7. The lowest BCUT2D eigenvalue weighted by Gasteiger charge is -2.16. The number of carbonyl (C=O) groups excluding carboxylic acids is 2. The van der Waals surface area contributed by atoms with Gasteiger partial charge in [-0.15, -0.1) is 0 Å². The number of aryl methyl sites for hydroxylation is 1. The van der Waals surface area contributed by atoms with Gasteiger partial charge in [0.05, 0.1) is 0 Å². The van der Waals surface area contributed by atoms with E-state index < -0.39 is 5.97 Å². The molecule has 0 N–H and O–H groups in total. The fourth-order valence-corrected chi connectivity index (χ4v) is 3.85. The lowest BCUT2D eigenvalue weighted by Crippen LogP contribution is -2.30. The molecule has 2 aromatic carbocycles. The third-order valence-electron chi connectivity index (χ3n) is 4.77. The number of furan rings is 1. The smallest absolute Gasteiger partial charge is 0.375 e. The first-order valence-electron chi connectivity index (χ1n) is 8.87. The van der Waals surface area contributed by atoms with E-state index >= 15 is 0 Å².